The molecule has 2 rings (SSSR count). The molecule has 0 N–H and O–H groups in total. The quantitative estimate of drug-likeness (QED) is 0.383. The van der Waals surface area contributed by atoms with Crippen LogP contribution < -0.4 is 0 Å². The maximum atomic E-state index is 13.4. The first kappa shape index (κ1) is 23.9. The first-order chi connectivity index (χ1) is 13.2. The second-order valence-corrected chi connectivity index (χ2v) is 6.42. The Kier molecular flexibility index (Phi) is 5.64. The van der Waals surface area contributed by atoms with Crippen LogP contribution in [0.2, 0.25) is 0 Å². The SMILES string of the molecule is Cc1cc(C(F)(F)F)c(-c2cc(C(F)(F)F)c(C)cc2C(F)(F)F)cc1C(F)(F)F. The molecule has 0 amide bonds. The van der Waals surface area contributed by atoms with Gasteiger partial charge >= 0.3 is 24.7 Å². The first-order valence-electron chi connectivity index (χ1n) is 7.83. The molecular weight excluding hydrogens is 444 g/mol. The van der Waals surface area contributed by atoms with Gasteiger partial charge in [0.1, 0.15) is 0 Å². The minimum atomic E-state index is -5.43. The molecule has 0 aliphatic rings. The van der Waals surface area contributed by atoms with Crippen LogP contribution in [0.3, 0.4) is 0 Å². The zero-order valence-electron chi connectivity index (χ0n) is 14.8. The highest BCUT2D eigenvalue weighted by Gasteiger charge is 2.43. The molecule has 0 nitrogen and oxygen atoms in total. The van der Waals surface area contributed by atoms with Crippen LogP contribution in [0.4, 0.5) is 52.7 Å². The lowest BCUT2D eigenvalue weighted by atomic mass is 9.88. The predicted molar refractivity (Wildman–Crippen MR) is 81.4 cm³/mol. The summed E-state index contributed by atoms with van der Waals surface area (Å²) in [5, 5.41) is 0. The van der Waals surface area contributed by atoms with Crippen LogP contribution in [0.5, 0.6) is 0 Å². The molecule has 166 valence electrons. The lowest BCUT2D eigenvalue weighted by Crippen LogP contribution is -2.17. The second kappa shape index (κ2) is 7.09. The van der Waals surface area contributed by atoms with Crippen LogP contribution >= 0.6 is 0 Å². The van der Waals surface area contributed by atoms with Crippen molar-refractivity contribution in [2.75, 3.05) is 0 Å². The van der Waals surface area contributed by atoms with Gasteiger partial charge in [-0.2, -0.15) is 52.7 Å². The Bertz CT molecular complexity index is 876. The van der Waals surface area contributed by atoms with Gasteiger partial charge in [0.05, 0.1) is 22.3 Å². The van der Waals surface area contributed by atoms with Gasteiger partial charge in [-0.1, -0.05) is 0 Å². The molecule has 0 aliphatic carbocycles. The molecule has 0 radical (unpaired) electrons. The summed E-state index contributed by atoms with van der Waals surface area (Å²) in [6, 6.07) is -0.493. The summed E-state index contributed by atoms with van der Waals surface area (Å²) in [6.07, 6.45) is -21.4. The van der Waals surface area contributed by atoms with Crippen LogP contribution in [0.1, 0.15) is 33.4 Å². The van der Waals surface area contributed by atoms with Crippen molar-refractivity contribution in [1.29, 1.82) is 0 Å². The van der Waals surface area contributed by atoms with E-state index in [1.165, 1.54) is 0 Å². The Labute approximate surface area is 161 Å². The van der Waals surface area contributed by atoms with Crippen molar-refractivity contribution in [2.45, 2.75) is 38.6 Å². The van der Waals surface area contributed by atoms with E-state index in [0.717, 1.165) is 0 Å². The molecule has 12 heteroatoms. The van der Waals surface area contributed by atoms with E-state index in [4.69, 9.17) is 0 Å². The number of alkyl halides is 12. The maximum absolute atomic E-state index is 13.4. The van der Waals surface area contributed by atoms with E-state index in [1.807, 2.05) is 0 Å². The molecule has 0 aromatic heterocycles. The third-order valence-electron chi connectivity index (χ3n) is 4.24. The van der Waals surface area contributed by atoms with Crippen LogP contribution in [0, 0.1) is 13.8 Å². The van der Waals surface area contributed by atoms with Crippen molar-refractivity contribution >= 4 is 0 Å². The maximum Gasteiger partial charge on any atom is 0.417 e. The van der Waals surface area contributed by atoms with Gasteiger partial charge in [-0.05, 0) is 60.4 Å². The van der Waals surface area contributed by atoms with Crippen LogP contribution in [0.25, 0.3) is 11.1 Å². The molecule has 0 spiro atoms. The Hall–Kier alpha value is -2.40. The van der Waals surface area contributed by atoms with Gasteiger partial charge in [0.2, 0.25) is 0 Å². The number of hydrogen-bond donors (Lipinski definition) is 0. The van der Waals surface area contributed by atoms with Gasteiger partial charge in [0, 0.05) is 0 Å². The Balaban J connectivity index is 3.08. The summed E-state index contributed by atoms with van der Waals surface area (Å²) in [5.74, 6) is 0. The molecule has 0 aliphatic heterocycles. The molecular formula is C18H10F12. The van der Waals surface area contributed by atoms with Gasteiger partial charge < -0.3 is 0 Å². The molecule has 0 atom stereocenters. The molecule has 0 saturated carbocycles. The van der Waals surface area contributed by atoms with Crippen LogP contribution in [-0.4, -0.2) is 0 Å². The van der Waals surface area contributed by atoms with E-state index in [0.29, 0.717) is 13.8 Å². The van der Waals surface area contributed by atoms with Crippen molar-refractivity contribution in [3.05, 3.63) is 57.6 Å². The smallest absolute Gasteiger partial charge is 0.166 e. The normalized spacial score (nSPS) is 13.7. The minimum Gasteiger partial charge on any atom is -0.166 e. The summed E-state index contributed by atoms with van der Waals surface area (Å²) in [7, 11) is 0. The fourth-order valence-electron chi connectivity index (χ4n) is 2.94. The third kappa shape index (κ3) is 4.67. The summed E-state index contributed by atoms with van der Waals surface area (Å²) in [5.41, 5.74) is -12.5. The van der Waals surface area contributed by atoms with Crippen LogP contribution in [-0.2, 0) is 24.7 Å². The van der Waals surface area contributed by atoms with E-state index >= 15 is 0 Å². The average Bonchev–Trinajstić information content (AvgIpc) is 2.50. The zero-order valence-corrected chi connectivity index (χ0v) is 14.8. The standard InChI is InChI=1S/C18H10F12/c1-7-3-13(17(25,26)27)9(5-11(7)15(19,20)21)10-6-12(16(22,23)24)8(2)4-14(10)18(28,29)30/h3-6H,1-2H3. The van der Waals surface area contributed by atoms with Gasteiger partial charge in [-0.3, -0.25) is 0 Å². The number of benzene rings is 2. The van der Waals surface area contributed by atoms with Crippen molar-refractivity contribution in [3.63, 3.8) is 0 Å². The molecule has 2 aromatic carbocycles. The van der Waals surface area contributed by atoms with E-state index in [2.05, 4.69) is 0 Å². The average molecular weight is 454 g/mol. The predicted octanol–water partition coefficient (Wildman–Crippen LogP) is 8.05. The lowest BCUT2D eigenvalue weighted by Gasteiger charge is -2.23. The van der Waals surface area contributed by atoms with Gasteiger partial charge in [0.25, 0.3) is 0 Å². The van der Waals surface area contributed by atoms with Crippen LogP contribution in [0.15, 0.2) is 24.3 Å². The lowest BCUT2D eigenvalue weighted by molar-refractivity contribution is -0.142. The second-order valence-electron chi connectivity index (χ2n) is 6.42. The molecule has 0 saturated heterocycles. The summed E-state index contributed by atoms with van der Waals surface area (Å²) in [6.45, 7) is 1.31. The largest absolute Gasteiger partial charge is 0.417 e. The monoisotopic (exact) mass is 454 g/mol. The molecule has 30 heavy (non-hydrogen) atoms. The number of aryl methyl sites for hydroxylation is 2. The van der Waals surface area contributed by atoms with E-state index in [9.17, 15) is 52.7 Å². The Morgan fingerprint density at radius 1 is 0.400 bits per heavy atom. The summed E-state index contributed by atoms with van der Waals surface area (Å²) in [4.78, 5) is 0. The Morgan fingerprint density at radius 2 is 0.633 bits per heavy atom. The summed E-state index contributed by atoms with van der Waals surface area (Å²) >= 11 is 0. The molecule has 0 fully saturated rings. The topological polar surface area (TPSA) is 0 Å². The number of hydrogen-bond acceptors (Lipinski definition) is 0. The number of halogens is 12. The highest BCUT2D eigenvalue weighted by atomic mass is 19.4. The van der Waals surface area contributed by atoms with Gasteiger partial charge in [-0.25, -0.2) is 0 Å². The Morgan fingerprint density at radius 3 is 0.833 bits per heavy atom. The highest BCUT2D eigenvalue weighted by Crippen LogP contribution is 2.47. The first-order valence-corrected chi connectivity index (χ1v) is 7.83. The minimum absolute atomic E-state index is 0.0363. The zero-order chi connectivity index (χ0) is 23.4. The van der Waals surface area contributed by atoms with Crippen molar-refractivity contribution in [1.82, 2.24) is 0 Å². The van der Waals surface area contributed by atoms with Crippen molar-refractivity contribution < 1.29 is 52.7 Å². The van der Waals surface area contributed by atoms with Crippen molar-refractivity contribution in [3.8, 4) is 11.1 Å². The van der Waals surface area contributed by atoms with Crippen molar-refractivity contribution in [2.24, 2.45) is 0 Å². The van der Waals surface area contributed by atoms with E-state index in [-0.39, 0.29) is 24.3 Å². The van der Waals surface area contributed by atoms with Gasteiger partial charge in [0.15, 0.2) is 0 Å². The molecule has 2 aromatic rings. The van der Waals surface area contributed by atoms with E-state index < -0.39 is 69.2 Å². The molecule has 0 bridgehead atoms. The summed E-state index contributed by atoms with van der Waals surface area (Å²) < 4.78 is 159. The fraction of sp³-hybridized carbons (Fsp3) is 0.333. The molecule has 0 heterocycles. The number of rotatable bonds is 1. The fourth-order valence-corrected chi connectivity index (χ4v) is 2.94. The third-order valence-corrected chi connectivity index (χ3v) is 4.24. The molecule has 0 unspecified atom stereocenters. The van der Waals surface area contributed by atoms with Gasteiger partial charge in [-0.15, -0.1) is 0 Å². The van der Waals surface area contributed by atoms with E-state index in [1.54, 1.807) is 0 Å². The highest BCUT2D eigenvalue weighted by molar-refractivity contribution is 5.75.